The van der Waals surface area contributed by atoms with Crippen LogP contribution in [0.3, 0.4) is 0 Å². The van der Waals surface area contributed by atoms with Gasteiger partial charge in [0.25, 0.3) is 5.91 Å². The van der Waals surface area contributed by atoms with Gasteiger partial charge in [0.1, 0.15) is 5.69 Å². The van der Waals surface area contributed by atoms with E-state index in [1.54, 1.807) is 36.5 Å². The smallest absolute Gasteiger partial charge is 0.274 e. The minimum atomic E-state index is -0.274. The highest BCUT2D eigenvalue weighted by molar-refractivity contribution is 6.03. The van der Waals surface area contributed by atoms with Gasteiger partial charge in [0.2, 0.25) is 0 Å². The van der Waals surface area contributed by atoms with Gasteiger partial charge in [-0.2, -0.15) is 5.26 Å². The topological polar surface area (TPSA) is 69.0 Å². The number of hydrogen-bond acceptors (Lipinski definition) is 4. The molecule has 0 radical (unpaired) electrons. The summed E-state index contributed by atoms with van der Waals surface area (Å²) in [7, 11) is 0. The second kappa shape index (κ2) is 6.69. The van der Waals surface area contributed by atoms with Crippen LogP contribution in [-0.4, -0.2) is 17.4 Å². The van der Waals surface area contributed by atoms with Crippen LogP contribution >= 0.6 is 0 Å². The first kappa shape index (κ1) is 15.9. The van der Waals surface area contributed by atoms with Crippen molar-refractivity contribution in [1.29, 1.82) is 5.26 Å². The molecule has 3 aromatic rings. The fourth-order valence-electron chi connectivity index (χ4n) is 3.14. The molecule has 0 unspecified atom stereocenters. The Kier molecular flexibility index (Phi) is 4.08. The van der Waals surface area contributed by atoms with Crippen LogP contribution in [0.4, 0.5) is 17.1 Å². The van der Waals surface area contributed by atoms with E-state index in [9.17, 15) is 4.79 Å². The third-order valence-corrected chi connectivity index (χ3v) is 4.45. The zero-order valence-corrected chi connectivity index (χ0v) is 14.0. The molecule has 0 saturated heterocycles. The summed E-state index contributed by atoms with van der Waals surface area (Å²) in [6.07, 6.45) is 2.65. The van der Waals surface area contributed by atoms with Crippen LogP contribution in [0, 0.1) is 11.3 Å². The molecule has 126 valence electrons. The molecule has 0 atom stereocenters. The molecule has 0 fully saturated rings. The Hall–Kier alpha value is -3.65. The van der Waals surface area contributed by atoms with Crippen molar-refractivity contribution in [2.75, 3.05) is 16.8 Å². The largest absolute Gasteiger partial charge is 0.341 e. The van der Waals surface area contributed by atoms with E-state index in [1.807, 2.05) is 18.2 Å². The number of benzene rings is 2. The first-order valence-electron chi connectivity index (χ1n) is 8.37. The molecule has 1 amide bonds. The number of carbonyl (C=O) groups is 1. The molecule has 2 heterocycles. The molecule has 26 heavy (non-hydrogen) atoms. The number of para-hydroxylation sites is 1. The van der Waals surface area contributed by atoms with Crippen LogP contribution < -0.4 is 10.2 Å². The average molecular weight is 340 g/mol. The summed E-state index contributed by atoms with van der Waals surface area (Å²) in [5, 5.41) is 11.7. The molecular formula is C21H16N4O. The molecule has 0 saturated carbocycles. The van der Waals surface area contributed by atoms with Crippen molar-refractivity contribution in [2.24, 2.45) is 0 Å². The summed E-state index contributed by atoms with van der Waals surface area (Å²) in [5.74, 6) is -0.274. The number of pyridine rings is 1. The molecule has 2 aromatic carbocycles. The summed E-state index contributed by atoms with van der Waals surface area (Å²) in [4.78, 5) is 18.9. The van der Waals surface area contributed by atoms with Crippen molar-refractivity contribution >= 4 is 23.0 Å². The van der Waals surface area contributed by atoms with Crippen molar-refractivity contribution in [3.63, 3.8) is 0 Å². The van der Waals surface area contributed by atoms with Gasteiger partial charge in [-0.15, -0.1) is 0 Å². The molecule has 0 aliphatic carbocycles. The van der Waals surface area contributed by atoms with Gasteiger partial charge >= 0.3 is 0 Å². The maximum Gasteiger partial charge on any atom is 0.274 e. The van der Waals surface area contributed by atoms with Gasteiger partial charge < -0.3 is 10.2 Å². The van der Waals surface area contributed by atoms with Gasteiger partial charge in [0.15, 0.2) is 0 Å². The lowest BCUT2D eigenvalue weighted by Crippen LogP contribution is -2.17. The summed E-state index contributed by atoms with van der Waals surface area (Å²) in [6.45, 7) is 0.889. The number of nitriles is 1. The van der Waals surface area contributed by atoms with E-state index in [0.29, 0.717) is 16.9 Å². The highest BCUT2D eigenvalue weighted by atomic mass is 16.1. The summed E-state index contributed by atoms with van der Waals surface area (Å²) in [5.41, 5.74) is 4.99. The van der Waals surface area contributed by atoms with Crippen molar-refractivity contribution in [3.05, 3.63) is 83.7 Å². The standard InChI is InChI=1S/C21H16N4O/c22-14-15-5-7-17(8-6-15)24-21(26)19-13-18(9-11-23-19)25-12-10-16-3-1-2-4-20(16)25/h1-9,11,13H,10,12H2,(H,24,26). The van der Waals surface area contributed by atoms with Crippen LogP contribution in [0.15, 0.2) is 66.9 Å². The third-order valence-electron chi connectivity index (χ3n) is 4.45. The van der Waals surface area contributed by atoms with E-state index >= 15 is 0 Å². The quantitative estimate of drug-likeness (QED) is 0.785. The lowest BCUT2D eigenvalue weighted by atomic mass is 10.2. The van der Waals surface area contributed by atoms with Crippen LogP contribution in [-0.2, 0) is 6.42 Å². The fraction of sp³-hybridized carbons (Fsp3) is 0.0952. The molecule has 1 aliphatic heterocycles. The maximum atomic E-state index is 12.5. The normalized spacial score (nSPS) is 12.3. The van der Waals surface area contributed by atoms with Crippen molar-refractivity contribution in [2.45, 2.75) is 6.42 Å². The third kappa shape index (κ3) is 3.01. The zero-order valence-electron chi connectivity index (χ0n) is 14.0. The van der Waals surface area contributed by atoms with E-state index in [4.69, 9.17) is 5.26 Å². The van der Waals surface area contributed by atoms with Gasteiger partial charge in [0, 0.05) is 29.8 Å². The first-order valence-corrected chi connectivity index (χ1v) is 8.37. The predicted molar refractivity (Wildman–Crippen MR) is 100 cm³/mol. The van der Waals surface area contributed by atoms with Gasteiger partial charge in [-0.25, -0.2) is 0 Å². The van der Waals surface area contributed by atoms with Crippen LogP contribution in [0.1, 0.15) is 21.6 Å². The lowest BCUT2D eigenvalue weighted by molar-refractivity contribution is 0.102. The number of rotatable bonds is 3. The molecule has 0 spiro atoms. The van der Waals surface area contributed by atoms with E-state index in [1.165, 1.54) is 11.3 Å². The first-order chi connectivity index (χ1) is 12.7. The number of nitrogens with zero attached hydrogens (tertiary/aromatic N) is 3. The number of carbonyl (C=O) groups excluding carboxylic acids is 1. The number of anilines is 3. The maximum absolute atomic E-state index is 12.5. The summed E-state index contributed by atoms with van der Waals surface area (Å²) in [6, 6.07) is 20.8. The Labute approximate surface area is 151 Å². The van der Waals surface area contributed by atoms with E-state index in [0.717, 1.165) is 18.7 Å². The summed E-state index contributed by atoms with van der Waals surface area (Å²) < 4.78 is 0. The fourth-order valence-corrected chi connectivity index (χ4v) is 3.14. The molecule has 5 heteroatoms. The van der Waals surface area contributed by atoms with Crippen molar-refractivity contribution in [1.82, 2.24) is 4.98 Å². The lowest BCUT2D eigenvalue weighted by Gasteiger charge is -2.19. The Balaban J connectivity index is 1.56. The Morgan fingerprint density at radius 3 is 2.73 bits per heavy atom. The number of amides is 1. The number of hydrogen-bond donors (Lipinski definition) is 1. The molecule has 1 N–H and O–H groups in total. The predicted octanol–water partition coefficient (Wildman–Crippen LogP) is 3.90. The Morgan fingerprint density at radius 2 is 1.92 bits per heavy atom. The van der Waals surface area contributed by atoms with Crippen molar-refractivity contribution in [3.8, 4) is 6.07 Å². The highest BCUT2D eigenvalue weighted by Crippen LogP contribution is 2.34. The molecule has 1 aliphatic rings. The second-order valence-electron chi connectivity index (χ2n) is 6.07. The van der Waals surface area contributed by atoms with Crippen LogP contribution in [0.2, 0.25) is 0 Å². The van der Waals surface area contributed by atoms with E-state index in [2.05, 4.69) is 33.4 Å². The van der Waals surface area contributed by atoms with Gasteiger partial charge in [-0.3, -0.25) is 9.78 Å². The summed E-state index contributed by atoms with van der Waals surface area (Å²) >= 11 is 0. The zero-order chi connectivity index (χ0) is 17.9. The number of aromatic nitrogens is 1. The average Bonchev–Trinajstić information content (AvgIpc) is 3.13. The molecule has 1 aromatic heterocycles. The molecular weight excluding hydrogens is 324 g/mol. The van der Waals surface area contributed by atoms with Gasteiger partial charge in [0.05, 0.1) is 11.6 Å². The Morgan fingerprint density at radius 1 is 1.12 bits per heavy atom. The van der Waals surface area contributed by atoms with Gasteiger partial charge in [-0.05, 0) is 54.4 Å². The Bertz CT molecular complexity index is 1010. The van der Waals surface area contributed by atoms with Crippen LogP contribution in [0.5, 0.6) is 0 Å². The van der Waals surface area contributed by atoms with Gasteiger partial charge in [-0.1, -0.05) is 18.2 Å². The minimum absolute atomic E-state index is 0.274. The minimum Gasteiger partial charge on any atom is -0.341 e. The monoisotopic (exact) mass is 340 g/mol. The molecule has 5 nitrogen and oxygen atoms in total. The van der Waals surface area contributed by atoms with E-state index in [-0.39, 0.29) is 5.91 Å². The number of nitrogens with one attached hydrogen (secondary N) is 1. The van der Waals surface area contributed by atoms with Crippen LogP contribution in [0.25, 0.3) is 0 Å². The highest BCUT2D eigenvalue weighted by Gasteiger charge is 2.20. The SMILES string of the molecule is N#Cc1ccc(NC(=O)c2cc(N3CCc4ccccc43)ccn2)cc1. The van der Waals surface area contributed by atoms with Crippen molar-refractivity contribution < 1.29 is 4.79 Å². The molecule has 4 rings (SSSR count). The second-order valence-corrected chi connectivity index (χ2v) is 6.07. The molecule has 0 bridgehead atoms. The number of fused-ring (bicyclic) bond motifs is 1. The van der Waals surface area contributed by atoms with E-state index < -0.39 is 0 Å².